The third kappa shape index (κ3) is 5.45. The number of hydrogen-bond acceptors (Lipinski definition) is 5. The molecule has 1 saturated heterocycles. The number of methoxy groups -OCH3 is 2. The van der Waals surface area contributed by atoms with Gasteiger partial charge in [-0.05, 0) is 30.2 Å². The summed E-state index contributed by atoms with van der Waals surface area (Å²) in [4.78, 5) is 26.9. The van der Waals surface area contributed by atoms with E-state index in [0.29, 0.717) is 30.8 Å². The van der Waals surface area contributed by atoms with Crippen LogP contribution in [0.4, 0.5) is 0 Å². The highest BCUT2D eigenvalue weighted by Gasteiger charge is 2.37. The molecule has 2 aromatic carbocycles. The zero-order chi connectivity index (χ0) is 20.6. The van der Waals surface area contributed by atoms with Crippen molar-refractivity contribution < 1.29 is 19.1 Å². The lowest BCUT2D eigenvalue weighted by Gasteiger charge is -2.20. The molecule has 1 aliphatic heterocycles. The summed E-state index contributed by atoms with van der Waals surface area (Å²) in [6, 6.07) is 16.5. The number of carbonyl (C=O) groups is 2. The van der Waals surface area contributed by atoms with Crippen LogP contribution in [0.1, 0.15) is 22.3 Å². The number of rotatable bonds is 7. The molecule has 0 radical (unpaired) electrons. The molecule has 1 aliphatic rings. The standard InChI is InChI=1S/C23H26N2O4/c1-28-20-12-6-11-18(14-20)22(26)24-19-15-21(23(27)29-2)25(16-19)13-7-10-17-8-4-3-5-9-17/h3-12,14,19,21H,13,15-16H2,1-2H3,(H,24,26)/b10-7+/t19-,21+/m1/s1. The largest absolute Gasteiger partial charge is 0.497 e. The van der Waals surface area contributed by atoms with Crippen molar-refractivity contribution in [1.82, 2.24) is 10.2 Å². The Kier molecular flexibility index (Phi) is 7.03. The third-order valence-electron chi connectivity index (χ3n) is 4.99. The molecule has 152 valence electrons. The first kappa shape index (κ1) is 20.6. The monoisotopic (exact) mass is 394 g/mol. The van der Waals surface area contributed by atoms with E-state index in [1.54, 1.807) is 31.4 Å². The average Bonchev–Trinajstić information content (AvgIpc) is 3.16. The Morgan fingerprint density at radius 1 is 1.14 bits per heavy atom. The van der Waals surface area contributed by atoms with Crippen LogP contribution in [0, 0.1) is 0 Å². The van der Waals surface area contributed by atoms with Crippen LogP contribution in [0.5, 0.6) is 5.75 Å². The maximum Gasteiger partial charge on any atom is 0.323 e. The van der Waals surface area contributed by atoms with Gasteiger partial charge in [-0.15, -0.1) is 0 Å². The summed E-state index contributed by atoms with van der Waals surface area (Å²) in [7, 11) is 2.96. The van der Waals surface area contributed by atoms with Crippen LogP contribution in [0.3, 0.4) is 0 Å². The summed E-state index contributed by atoms with van der Waals surface area (Å²) in [5.41, 5.74) is 1.63. The number of nitrogens with one attached hydrogen (secondary N) is 1. The summed E-state index contributed by atoms with van der Waals surface area (Å²) in [5.74, 6) is 0.166. The van der Waals surface area contributed by atoms with Gasteiger partial charge in [-0.25, -0.2) is 0 Å². The van der Waals surface area contributed by atoms with E-state index in [4.69, 9.17) is 9.47 Å². The fraction of sp³-hybridized carbons (Fsp3) is 0.304. The van der Waals surface area contributed by atoms with Gasteiger partial charge in [0, 0.05) is 24.7 Å². The third-order valence-corrected chi connectivity index (χ3v) is 4.99. The first-order valence-electron chi connectivity index (χ1n) is 9.59. The van der Waals surface area contributed by atoms with Gasteiger partial charge in [-0.3, -0.25) is 14.5 Å². The van der Waals surface area contributed by atoms with E-state index in [-0.39, 0.29) is 24.0 Å². The van der Waals surface area contributed by atoms with Gasteiger partial charge in [0.2, 0.25) is 0 Å². The molecule has 2 aromatic rings. The van der Waals surface area contributed by atoms with Gasteiger partial charge in [0.1, 0.15) is 11.8 Å². The van der Waals surface area contributed by atoms with Crippen LogP contribution in [-0.4, -0.2) is 56.2 Å². The Hall–Kier alpha value is -3.12. The molecule has 2 atom stereocenters. The second-order valence-electron chi connectivity index (χ2n) is 6.94. The van der Waals surface area contributed by atoms with Gasteiger partial charge in [0.05, 0.1) is 14.2 Å². The Labute approximate surface area is 171 Å². The maximum absolute atomic E-state index is 12.6. The van der Waals surface area contributed by atoms with Gasteiger partial charge in [-0.2, -0.15) is 0 Å². The highest BCUT2D eigenvalue weighted by Crippen LogP contribution is 2.20. The van der Waals surface area contributed by atoms with Crippen molar-refractivity contribution in [2.24, 2.45) is 0 Å². The summed E-state index contributed by atoms with van der Waals surface area (Å²) in [5, 5.41) is 3.03. The molecule has 0 aliphatic carbocycles. The number of esters is 1. The molecular formula is C23H26N2O4. The van der Waals surface area contributed by atoms with Gasteiger partial charge >= 0.3 is 5.97 Å². The Morgan fingerprint density at radius 2 is 1.93 bits per heavy atom. The van der Waals surface area contributed by atoms with Crippen LogP contribution < -0.4 is 10.1 Å². The van der Waals surface area contributed by atoms with E-state index in [0.717, 1.165) is 5.56 Å². The first-order valence-corrected chi connectivity index (χ1v) is 9.59. The van der Waals surface area contributed by atoms with Crippen LogP contribution in [0.25, 0.3) is 6.08 Å². The molecule has 1 N–H and O–H groups in total. The molecule has 6 nitrogen and oxygen atoms in total. The SMILES string of the molecule is COC(=O)[C@@H]1C[C@@H](NC(=O)c2cccc(OC)c2)CN1C/C=C/c1ccccc1. The van der Waals surface area contributed by atoms with E-state index in [2.05, 4.69) is 5.32 Å². The van der Waals surface area contributed by atoms with E-state index in [1.807, 2.05) is 47.4 Å². The number of ether oxygens (including phenoxy) is 2. The van der Waals surface area contributed by atoms with Gasteiger partial charge in [0.15, 0.2) is 0 Å². The van der Waals surface area contributed by atoms with Crippen molar-refractivity contribution in [2.75, 3.05) is 27.3 Å². The molecule has 1 fully saturated rings. The fourth-order valence-electron chi connectivity index (χ4n) is 3.51. The summed E-state index contributed by atoms with van der Waals surface area (Å²) < 4.78 is 10.1. The summed E-state index contributed by atoms with van der Waals surface area (Å²) in [6.45, 7) is 1.18. The maximum atomic E-state index is 12.6. The van der Waals surface area contributed by atoms with Gasteiger partial charge < -0.3 is 14.8 Å². The molecule has 3 rings (SSSR count). The minimum atomic E-state index is -0.379. The fourth-order valence-corrected chi connectivity index (χ4v) is 3.51. The highest BCUT2D eigenvalue weighted by atomic mass is 16.5. The smallest absolute Gasteiger partial charge is 0.323 e. The van der Waals surface area contributed by atoms with E-state index in [1.165, 1.54) is 7.11 Å². The van der Waals surface area contributed by atoms with Crippen LogP contribution in [0.15, 0.2) is 60.7 Å². The lowest BCUT2D eigenvalue weighted by atomic mass is 10.1. The Morgan fingerprint density at radius 3 is 2.66 bits per heavy atom. The summed E-state index contributed by atoms with van der Waals surface area (Å²) in [6.07, 6.45) is 4.57. The number of carbonyl (C=O) groups excluding carboxylic acids is 2. The first-order chi connectivity index (χ1) is 14.1. The summed E-state index contributed by atoms with van der Waals surface area (Å²) >= 11 is 0. The Balaban J connectivity index is 1.64. The predicted octanol–water partition coefficient (Wildman–Crippen LogP) is 2.75. The van der Waals surface area contributed by atoms with Crippen LogP contribution in [-0.2, 0) is 9.53 Å². The number of nitrogens with zero attached hydrogens (tertiary/aromatic N) is 1. The predicted molar refractivity (Wildman–Crippen MR) is 112 cm³/mol. The minimum absolute atomic E-state index is 0.136. The van der Waals surface area contributed by atoms with Gasteiger partial charge in [-0.1, -0.05) is 48.6 Å². The van der Waals surface area contributed by atoms with Crippen molar-refractivity contribution >= 4 is 18.0 Å². The van der Waals surface area contributed by atoms with Crippen molar-refractivity contribution in [2.45, 2.75) is 18.5 Å². The molecule has 29 heavy (non-hydrogen) atoms. The number of benzene rings is 2. The topological polar surface area (TPSA) is 67.9 Å². The molecule has 0 aromatic heterocycles. The average molecular weight is 394 g/mol. The number of amides is 1. The zero-order valence-corrected chi connectivity index (χ0v) is 16.7. The lowest BCUT2D eigenvalue weighted by Crippen LogP contribution is -2.38. The molecule has 0 unspecified atom stereocenters. The minimum Gasteiger partial charge on any atom is -0.497 e. The molecule has 0 spiro atoms. The molecule has 1 heterocycles. The molecular weight excluding hydrogens is 368 g/mol. The Bertz CT molecular complexity index is 866. The normalized spacial score (nSPS) is 19.2. The van der Waals surface area contributed by atoms with E-state index < -0.39 is 0 Å². The number of likely N-dealkylation sites (tertiary alicyclic amines) is 1. The quantitative estimate of drug-likeness (QED) is 0.732. The van der Waals surface area contributed by atoms with Crippen molar-refractivity contribution in [3.8, 4) is 5.75 Å². The van der Waals surface area contributed by atoms with Crippen LogP contribution >= 0.6 is 0 Å². The molecule has 0 saturated carbocycles. The second kappa shape index (κ2) is 9.89. The van der Waals surface area contributed by atoms with Crippen molar-refractivity contribution in [1.29, 1.82) is 0 Å². The molecule has 6 heteroatoms. The van der Waals surface area contributed by atoms with Crippen molar-refractivity contribution in [3.63, 3.8) is 0 Å². The second-order valence-corrected chi connectivity index (χ2v) is 6.94. The van der Waals surface area contributed by atoms with Crippen molar-refractivity contribution in [3.05, 3.63) is 71.8 Å². The highest BCUT2D eigenvalue weighted by molar-refractivity contribution is 5.94. The molecule has 1 amide bonds. The van der Waals surface area contributed by atoms with Gasteiger partial charge in [0.25, 0.3) is 5.91 Å². The zero-order valence-electron chi connectivity index (χ0n) is 16.7. The number of hydrogen-bond donors (Lipinski definition) is 1. The molecule has 0 bridgehead atoms. The lowest BCUT2D eigenvalue weighted by molar-refractivity contribution is -0.145. The van der Waals surface area contributed by atoms with E-state index in [9.17, 15) is 9.59 Å². The van der Waals surface area contributed by atoms with E-state index >= 15 is 0 Å². The van der Waals surface area contributed by atoms with Crippen LogP contribution in [0.2, 0.25) is 0 Å².